The highest BCUT2D eigenvalue weighted by Gasteiger charge is 2.69. The highest BCUT2D eigenvalue weighted by atomic mass is 28.4. The molecular weight excluding hydrogens is 691 g/mol. The van der Waals surface area contributed by atoms with Crippen LogP contribution in [0.4, 0.5) is 0 Å². The molecule has 2 aliphatic rings. The van der Waals surface area contributed by atoms with Gasteiger partial charge in [-0.25, -0.2) is 0 Å². The Morgan fingerprint density at radius 3 is 1.42 bits per heavy atom. The second-order valence-electron chi connectivity index (χ2n) is 16.3. The van der Waals surface area contributed by atoms with Gasteiger partial charge in [-0.05, 0) is 44.7 Å². The van der Waals surface area contributed by atoms with E-state index in [2.05, 4.69) is 90.1 Å². The van der Waals surface area contributed by atoms with E-state index in [9.17, 15) is 10.1 Å². The lowest BCUT2D eigenvalue weighted by atomic mass is 9.96. The average Bonchev–Trinajstić information content (AvgIpc) is 3.53. The summed E-state index contributed by atoms with van der Waals surface area (Å²) in [6.45, 7) is 16.8. The summed E-state index contributed by atoms with van der Waals surface area (Å²) in [5.74, 6) is -1.13. The molecule has 2 heterocycles. The van der Waals surface area contributed by atoms with Crippen LogP contribution in [0, 0.1) is 10.1 Å². The summed E-state index contributed by atoms with van der Waals surface area (Å²) in [5.41, 5.74) is -1.50. The number of hydrogen-bond acceptors (Lipinski definition) is 8. The Labute approximate surface area is 309 Å². The first-order valence-corrected chi connectivity index (χ1v) is 21.7. The van der Waals surface area contributed by atoms with Crippen molar-refractivity contribution in [2.75, 3.05) is 13.2 Å². The molecule has 0 radical (unpaired) electrons. The fourth-order valence-electron chi connectivity index (χ4n) is 8.31. The van der Waals surface area contributed by atoms with Crippen LogP contribution in [0.3, 0.4) is 0 Å². The van der Waals surface area contributed by atoms with Gasteiger partial charge in [-0.1, -0.05) is 163 Å². The summed E-state index contributed by atoms with van der Waals surface area (Å²) >= 11 is 0. The first kappa shape index (κ1) is 38.1. The molecule has 11 heteroatoms. The third-order valence-electron chi connectivity index (χ3n) is 10.4. The summed E-state index contributed by atoms with van der Waals surface area (Å²) in [7, 11) is -6.13. The molecule has 6 rings (SSSR count). The Bertz CT molecular complexity index is 1720. The van der Waals surface area contributed by atoms with Crippen molar-refractivity contribution in [3.8, 4) is 0 Å². The van der Waals surface area contributed by atoms with Gasteiger partial charge in [-0.3, -0.25) is 4.84 Å². The lowest BCUT2D eigenvalue weighted by Crippen LogP contribution is -2.69. The number of rotatable bonds is 12. The normalized spacial score (nSPS) is 23.3. The molecule has 2 fully saturated rings. The largest absolute Gasteiger partial charge is 0.405 e. The second-order valence-corrected chi connectivity index (χ2v) is 24.9. The van der Waals surface area contributed by atoms with Crippen LogP contribution in [0.5, 0.6) is 0 Å². The fraction of sp³-hybridized carbons (Fsp3) is 0.415. The van der Waals surface area contributed by atoms with Gasteiger partial charge < -0.3 is 23.1 Å². The van der Waals surface area contributed by atoms with Crippen molar-refractivity contribution in [1.29, 1.82) is 0 Å². The molecule has 0 spiro atoms. The predicted octanol–water partition coefficient (Wildman–Crippen LogP) is 5.96. The van der Waals surface area contributed by atoms with Crippen molar-refractivity contribution in [3.05, 3.63) is 131 Å². The molecule has 0 saturated carbocycles. The summed E-state index contributed by atoms with van der Waals surface area (Å²) in [4.78, 5) is 17.5. The maximum Gasteiger partial charge on any atom is 0.297 e. The smallest absolute Gasteiger partial charge is 0.297 e. The number of fused-ring (bicyclic) bond motifs is 1. The van der Waals surface area contributed by atoms with E-state index in [1.165, 1.54) is 0 Å². The van der Waals surface area contributed by atoms with Gasteiger partial charge in [0.2, 0.25) is 6.29 Å². The SMILES string of the molecule is CC1(C)O[C@H]2[C@@H](CO[Si](c3ccccc3)(c3ccccc3)C(C)(C)C)OC(O[N+](=O)[O-])[C@@]2(CO[Si](c2ccccc2)(c2ccccc2)C(C)(C)C)O1. The molecule has 52 heavy (non-hydrogen) atoms. The summed E-state index contributed by atoms with van der Waals surface area (Å²) in [5, 5.41) is 15.0. The van der Waals surface area contributed by atoms with Gasteiger partial charge >= 0.3 is 0 Å². The average molecular weight is 742 g/mol. The molecule has 0 aromatic heterocycles. The summed E-state index contributed by atoms with van der Waals surface area (Å²) in [6.07, 6.45) is -3.04. The quantitative estimate of drug-likeness (QED) is 0.0997. The van der Waals surface area contributed by atoms with Crippen LogP contribution in [0.2, 0.25) is 10.1 Å². The van der Waals surface area contributed by atoms with Crippen molar-refractivity contribution in [2.24, 2.45) is 0 Å². The van der Waals surface area contributed by atoms with E-state index < -0.39 is 51.6 Å². The second kappa shape index (κ2) is 14.3. The topological polar surface area (TPSA) is 98.5 Å². The van der Waals surface area contributed by atoms with Gasteiger partial charge in [-0.15, -0.1) is 10.1 Å². The fourth-order valence-corrected chi connectivity index (χ4v) is 17.5. The number of benzene rings is 4. The van der Waals surface area contributed by atoms with Crippen molar-refractivity contribution in [3.63, 3.8) is 0 Å². The number of hydrogen-bond donors (Lipinski definition) is 0. The molecule has 9 nitrogen and oxygen atoms in total. The van der Waals surface area contributed by atoms with E-state index in [1.807, 2.05) is 72.8 Å². The van der Waals surface area contributed by atoms with Crippen LogP contribution >= 0.6 is 0 Å². The number of ether oxygens (including phenoxy) is 3. The minimum Gasteiger partial charge on any atom is -0.405 e. The van der Waals surface area contributed by atoms with Crippen molar-refractivity contribution < 1.29 is 33.0 Å². The third-order valence-corrected chi connectivity index (χ3v) is 20.3. The maximum absolute atomic E-state index is 12.1. The van der Waals surface area contributed by atoms with Gasteiger partial charge in [-0.2, -0.15) is 0 Å². The summed E-state index contributed by atoms with van der Waals surface area (Å²) < 4.78 is 34.5. The van der Waals surface area contributed by atoms with Gasteiger partial charge in [0.15, 0.2) is 11.4 Å². The lowest BCUT2D eigenvalue weighted by molar-refractivity contribution is -0.784. The lowest BCUT2D eigenvalue weighted by Gasteiger charge is -2.45. The Morgan fingerprint density at radius 2 is 1.06 bits per heavy atom. The Kier molecular flexibility index (Phi) is 10.4. The Morgan fingerprint density at radius 1 is 0.673 bits per heavy atom. The first-order valence-electron chi connectivity index (χ1n) is 17.9. The Hall–Kier alpha value is -3.69. The molecule has 0 aliphatic carbocycles. The van der Waals surface area contributed by atoms with E-state index in [-0.39, 0.29) is 23.3 Å². The van der Waals surface area contributed by atoms with Crippen LogP contribution in [0.1, 0.15) is 55.4 Å². The van der Waals surface area contributed by atoms with Crippen LogP contribution in [0.25, 0.3) is 0 Å². The van der Waals surface area contributed by atoms with Crippen LogP contribution in [0.15, 0.2) is 121 Å². The molecule has 4 atom stereocenters. The van der Waals surface area contributed by atoms with Crippen LogP contribution in [-0.4, -0.2) is 64.8 Å². The minimum atomic E-state index is -3.12. The monoisotopic (exact) mass is 741 g/mol. The maximum atomic E-state index is 12.1. The van der Waals surface area contributed by atoms with Crippen molar-refractivity contribution >= 4 is 37.4 Å². The molecule has 2 aliphatic heterocycles. The molecule has 276 valence electrons. The third kappa shape index (κ3) is 6.79. The van der Waals surface area contributed by atoms with Crippen molar-refractivity contribution in [1.82, 2.24) is 0 Å². The zero-order valence-electron chi connectivity index (χ0n) is 31.4. The van der Waals surface area contributed by atoms with Crippen LogP contribution in [-0.2, 0) is 27.9 Å². The van der Waals surface area contributed by atoms with Gasteiger partial charge in [0.25, 0.3) is 21.7 Å². The van der Waals surface area contributed by atoms with Gasteiger partial charge in [0.05, 0.1) is 13.2 Å². The Balaban J connectivity index is 1.43. The molecular formula is C41H51NO8Si2. The zero-order chi connectivity index (χ0) is 37.4. The van der Waals surface area contributed by atoms with E-state index in [0.29, 0.717) is 0 Å². The van der Waals surface area contributed by atoms with Gasteiger partial charge in [0.1, 0.15) is 12.2 Å². The molecule has 4 aromatic rings. The van der Waals surface area contributed by atoms with E-state index in [0.717, 1.165) is 20.7 Å². The van der Waals surface area contributed by atoms with E-state index in [1.54, 1.807) is 13.8 Å². The molecule has 2 saturated heterocycles. The molecule has 0 amide bonds. The van der Waals surface area contributed by atoms with Gasteiger partial charge in [0, 0.05) is 0 Å². The number of nitrogens with zero attached hydrogens (tertiary/aromatic N) is 1. The van der Waals surface area contributed by atoms with Crippen molar-refractivity contribution in [2.45, 2.75) is 95.4 Å². The molecule has 0 N–H and O–H groups in total. The molecule has 0 bridgehead atoms. The minimum absolute atomic E-state index is 0.0793. The predicted molar refractivity (Wildman–Crippen MR) is 207 cm³/mol. The molecule has 4 aromatic carbocycles. The molecule has 1 unspecified atom stereocenters. The zero-order valence-corrected chi connectivity index (χ0v) is 33.4. The highest BCUT2D eigenvalue weighted by Crippen LogP contribution is 2.49. The van der Waals surface area contributed by atoms with E-state index >= 15 is 0 Å². The first-order chi connectivity index (χ1) is 24.6. The van der Waals surface area contributed by atoms with Crippen LogP contribution < -0.4 is 20.7 Å². The summed E-state index contributed by atoms with van der Waals surface area (Å²) in [6, 6.07) is 41.1. The highest BCUT2D eigenvalue weighted by molar-refractivity contribution is 7.00. The standard InChI is InChI=1S/C41H51NO8Si2/c1-38(2,3)51(31-21-13-9-14-22-31,32-23-15-10-16-24-32)45-29-35-36-41(50-40(7,8)48-36,37(47-35)49-42(43)44)30-46-52(39(4,5)6,33-25-17-11-18-26-33)34-27-19-12-20-28-34/h9-28,35-37H,29-30H2,1-8H3/t35-,36+,37?,41+/m1/s1. The van der Waals surface area contributed by atoms with E-state index in [4.69, 9.17) is 27.9 Å².